The van der Waals surface area contributed by atoms with Crippen LogP contribution in [0.25, 0.3) is 22.6 Å². The van der Waals surface area contributed by atoms with Gasteiger partial charge in [0.1, 0.15) is 5.82 Å². The molecule has 9 heteroatoms. The van der Waals surface area contributed by atoms with Crippen LogP contribution in [0.5, 0.6) is 0 Å². The summed E-state index contributed by atoms with van der Waals surface area (Å²) in [4.78, 5) is 41.1. The van der Waals surface area contributed by atoms with Gasteiger partial charge in [0.2, 0.25) is 0 Å². The summed E-state index contributed by atoms with van der Waals surface area (Å²) in [7, 11) is 0. The lowest BCUT2D eigenvalue weighted by Gasteiger charge is -2.09. The summed E-state index contributed by atoms with van der Waals surface area (Å²) >= 11 is 12.2. The fourth-order valence-corrected chi connectivity index (χ4v) is 3.88. The molecule has 1 aliphatic heterocycles. The highest BCUT2D eigenvalue weighted by Gasteiger charge is 2.22. The van der Waals surface area contributed by atoms with Crippen LogP contribution in [0.2, 0.25) is 10.0 Å². The Morgan fingerprint density at radius 3 is 2.77 bits per heavy atom. The van der Waals surface area contributed by atoms with Gasteiger partial charge in [-0.25, -0.2) is 9.78 Å². The number of esters is 1. The molecule has 1 N–H and O–H groups in total. The van der Waals surface area contributed by atoms with Crippen LogP contribution in [0.1, 0.15) is 24.7 Å². The van der Waals surface area contributed by atoms with Crippen LogP contribution >= 0.6 is 23.2 Å². The molecular formula is C22H17Cl2N3O4. The number of fused-ring (bicyclic) bond motifs is 2. The van der Waals surface area contributed by atoms with E-state index in [1.54, 1.807) is 41.8 Å². The maximum absolute atomic E-state index is 12.9. The first-order chi connectivity index (χ1) is 14.9. The number of hydrogen-bond donors (Lipinski definition) is 1. The Morgan fingerprint density at radius 1 is 1.23 bits per heavy atom. The van der Waals surface area contributed by atoms with Crippen molar-refractivity contribution < 1.29 is 14.3 Å². The van der Waals surface area contributed by atoms with Crippen LogP contribution < -0.4 is 10.9 Å². The second kappa shape index (κ2) is 8.53. The molecule has 2 heterocycles. The molecule has 0 saturated carbocycles. The number of amides is 1. The topological polar surface area (TPSA) is 90.3 Å². The number of benzene rings is 2. The Balaban J connectivity index is 1.73. The van der Waals surface area contributed by atoms with Gasteiger partial charge in [0, 0.05) is 22.3 Å². The Hall–Kier alpha value is -3.16. The molecule has 31 heavy (non-hydrogen) atoms. The molecule has 0 fully saturated rings. The predicted octanol–water partition coefficient (Wildman–Crippen LogP) is 4.15. The van der Waals surface area contributed by atoms with E-state index in [1.165, 1.54) is 0 Å². The molecule has 0 spiro atoms. The highest BCUT2D eigenvalue weighted by molar-refractivity contribution is 6.37. The van der Waals surface area contributed by atoms with Gasteiger partial charge in [0.15, 0.2) is 0 Å². The maximum Gasteiger partial charge on any atom is 0.397 e. The van der Waals surface area contributed by atoms with Gasteiger partial charge in [-0.15, -0.1) is 0 Å². The van der Waals surface area contributed by atoms with Crippen LogP contribution in [0.4, 0.5) is 5.69 Å². The van der Waals surface area contributed by atoms with Crippen molar-refractivity contribution in [2.75, 3.05) is 11.9 Å². The summed E-state index contributed by atoms with van der Waals surface area (Å²) < 4.78 is 6.30. The Bertz CT molecular complexity index is 1310. The van der Waals surface area contributed by atoms with Gasteiger partial charge in [-0.3, -0.25) is 14.2 Å². The van der Waals surface area contributed by atoms with Gasteiger partial charge in [-0.05, 0) is 60.9 Å². The molecule has 1 aromatic heterocycles. The van der Waals surface area contributed by atoms with Crippen molar-refractivity contribution in [1.29, 1.82) is 0 Å². The van der Waals surface area contributed by atoms with Crippen LogP contribution in [-0.4, -0.2) is 28.0 Å². The number of ether oxygens (including phenoxy) is 1. The summed E-state index contributed by atoms with van der Waals surface area (Å²) in [6, 6.07) is 9.89. The van der Waals surface area contributed by atoms with Crippen molar-refractivity contribution in [1.82, 2.24) is 9.55 Å². The number of carbonyl (C=O) groups is 2. The minimum absolute atomic E-state index is 0.0984. The van der Waals surface area contributed by atoms with E-state index in [0.717, 1.165) is 11.1 Å². The van der Waals surface area contributed by atoms with Gasteiger partial charge in [0.25, 0.3) is 5.56 Å². The summed E-state index contributed by atoms with van der Waals surface area (Å²) in [5, 5.41) is 3.93. The van der Waals surface area contributed by atoms with E-state index in [-0.39, 0.29) is 12.2 Å². The van der Waals surface area contributed by atoms with Crippen LogP contribution in [0, 0.1) is 0 Å². The van der Waals surface area contributed by atoms with E-state index in [4.69, 9.17) is 23.2 Å². The van der Waals surface area contributed by atoms with Crippen molar-refractivity contribution in [3.05, 3.63) is 68.2 Å². The highest BCUT2D eigenvalue weighted by Crippen LogP contribution is 2.31. The normalized spacial score (nSPS) is 14.0. The number of aromatic nitrogens is 2. The molecule has 0 unspecified atom stereocenters. The average Bonchev–Trinajstić information content (AvgIpc) is 3.13. The van der Waals surface area contributed by atoms with Gasteiger partial charge in [0.05, 0.1) is 17.5 Å². The third-order valence-electron chi connectivity index (χ3n) is 4.86. The Labute approximate surface area is 187 Å². The first-order valence-electron chi connectivity index (χ1n) is 9.56. The van der Waals surface area contributed by atoms with E-state index < -0.39 is 11.9 Å². The molecule has 1 amide bonds. The lowest BCUT2D eigenvalue weighted by molar-refractivity contribution is -0.152. The van der Waals surface area contributed by atoms with Gasteiger partial charge >= 0.3 is 11.9 Å². The minimum atomic E-state index is -0.977. The van der Waals surface area contributed by atoms with Gasteiger partial charge in [-0.2, -0.15) is 0 Å². The first-order valence-corrected chi connectivity index (χ1v) is 10.3. The first kappa shape index (κ1) is 21.1. The second-order valence-corrected chi connectivity index (χ2v) is 7.73. The van der Waals surface area contributed by atoms with E-state index in [1.807, 2.05) is 12.1 Å². The van der Waals surface area contributed by atoms with Crippen molar-refractivity contribution in [2.45, 2.75) is 19.9 Å². The minimum Gasteiger partial charge on any atom is -0.459 e. The van der Waals surface area contributed by atoms with Crippen molar-refractivity contribution in [3.63, 3.8) is 0 Å². The zero-order valence-corrected chi connectivity index (χ0v) is 18.0. The highest BCUT2D eigenvalue weighted by atomic mass is 35.5. The molecule has 7 nitrogen and oxygen atoms in total. The molecule has 158 valence electrons. The summed E-state index contributed by atoms with van der Waals surface area (Å²) in [5.74, 6) is -1.33. The Kier molecular flexibility index (Phi) is 5.80. The largest absolute Gasteiger partial charge is 0.459 e. The Morgan fingerprint density at radius 2 is 2.03 bits per heavy atom. The number of allylic oxidation sites excluding steroid dienone is 1. The maximum atomic E-state index is 12.9. The number of anilines is 1. The van der Waals surface area contributed by atoms with Crippen molar-refractivity contribution >= 4 is 63.3 Å². The smallest absolute Gasteiger partial charge is 0.397 e. The zero-order chi connectivity index (χ0) is 22.1. The van der Waals surface area contributed by atoms with E-state index >= 15 is 0 Å². The standard InChI is InChI=1S/C22H17Cl2N3O4/c1-2-31-22(30)20(28)25-15-5-6-16-18(11-15)26-19-13(7-8-27(19)21(16)29)9-12-3-4-14(23)10-17(12)24/h3-6,9-11H,2,7-8H2,1H3,(H,25,28). The van der Waals surface area contributed by atoms with E-state index in [0.29, 0.717) is 45.4 Å². The molecule has 2 aromatic carbocycles. The predicted molar refractivity (Wildman–Crippen MR) is 120 cm³/mol. The number of nitrogens with zero attached hydrogens (tertiary/aromatic N) is 2. The fraction of sp³-hybridized carbons (Fsp3) is 0.182. The molecule has 0 radical (unpaired) electrons. The van der Waals surface area contributed by atoms with E-state index in [2.05, 4.69) is 15.0 Å². The molecule has 4 rings (SSSR count). The number of hydrogen-bond acceptors (Lipinski definition) is 5. The summed E-state index contributed by atoms with van der Waals surface area (Å²) in [5.41, 5.74) is 2.22. The second-order valence-electron chi connectivity index (χ2n) is 6.88. The van der Waals surface area contributed by atoms with Crippen LogP contribution in [0.15, 0.2) is 41.2 Å². The summed E-state index contributed by atoms with van der Waals surface area (Å²) in [6.07, 6.45) is 2.52. The average molecular weight is 458 g/mol. The number of nitrogens with one attached hydrogen (secondary N) is 1. The number of rotatable bonds is 3. The lowest BCUT2D eigenvalue weighted by Crippen LogP contribution is -2.25. The quantitative estimate of drug-likeness (QED) is 0.471. The molecule has 0 bridgehead atoms. The zero-order valence-electron chi connectivity index (χ0n) is 16.4. The van der Waals surface area contributed by atoms with Gasteiger partial charge in [-0.1, -0.05) is 29.3 Å². The molecule has 1 aliphatic rings. The molecular weight excluding hydrogens is 441 g/mol. The molecule has 3 aromatic rings. The van der Waals surface area contributed by atoms with Crippen molar-refractivity contribution in [2.24, 2.45) is 0 Å². The molecule has 0 saturated heterocycles. The SMILES string of the molecule is CCOC(=O)C(=O)Nc1ccc2c(=O)n3c(nc2c1)C(=Cc1ccc(Cl)cc1Cl)CC3. The number of carbonyl (C=O) groups excluding carboxylic acids is 2. The summed E-state index contributed by atoms with van der Waals surface area (Å²) in [6.45, 7) is 2.22. The van der Waals surface area contributed by atoms with Crippen molar-refractivity contribution in [3.8, 4) is 0 Å². The van der Waals surface area contributed by atoms with E-state index in [9.17, 15) is 14.4 Å². The lowest BCUT2D eigenvalue weighted by atomic mass is 10.1. The van der Waals surface area contributed by atoms with Crippen LogP contribution in [-0.2, 0) is 20.9 Å². The third-order valence-corrected chi connectivity index (χ3v) is 5.42. The number of halogens is 2. The molecule has 0 atom stereocenters. The van der Waals surface area contributed by atoms with Gasteiger partial charge < -0.3 is 10.1 Å². The molecule has 0 aliphatic carbocycles. The monoisotopic (exact) mass is 457 g/mol. The fourth-order valence-electron chi connectivity index (χ4n) is 3.42. The third kappa shape index (κ3) is 4.19. The van der Waals surface area contributed by atoms with Crippen LogP contribution in [0.3, 0.4) is 0 Å².